The number of aromatic nitrogens is 1. The molecule has 3 heteroatoms. The highest BCUT2D eigenvalue weighted by Crippen LogP contribution is 2.32. The van der Waals surface area contributed by atoms with Crippen molar-refractivity contribution in [1.29, 1.82) is 0 Å². The van der Waals surface area contributed by atoms with Crippen molar-refractivity contribution in [2.75, 3.05) is 11.5 Å². The molecule has 0 unspecified atom stereocenters. The van der Waals surface area contributed by atoms with Gasteiger partial charge in [0.1, 0.15) is 17.3 Å². The van der Waals surface area contributed by atoms with Gasteiger partial charge in [0.05, 0.1) is 0 Å². The summed E-state index contributed by atoms with van der Waals surface area (Å²) in [5.74, 6) is 4.10. The van der Waals surface area contributed by atoms with Crippen LogP contribution in [0.5, 0.6) is 0 Å². The number of carbonyl (C=O) groups excluding carboxylic acids is 1. The molecule has 30 heavy (non-hydrogen) atoms. The zero-order valence-electron chi connectivity index (χ0n) is 17.8. The van der Waals surface area contributed by atoms with Crippen molar-refractivity contribution in [1.82, 2.24) is 4.57 Å². The van der Waals surface area contributed by atoms with Gasteiger partial charge in [0.25, 0.3) is 0 Å². The van der Waals surface area contributed by atoms with Crippen LogP contribution in [-0.2, 0) is 23.2 Å². The summed E-state index contributed by atoms with van der Waals surface area (Å²) in [7, 11) is 0.550. The predicted octanol–water partition coefficient (Wildman–Crippen LogP) is 6.27. The van der Waals surface area contributed by atoms with Crippen molar-refractivity contribution in [2.45, 2.75) is 39.0 Å². The van der Waals surface area contributed by atoms with E-state index in [1.165, 1.54) is 57.5 Å². The van der Waals surface area contributed by atoms with E-state index in [2.05, 4.69) is 41.8 Å². The van der Waals surface area contributed by atoms with E-state index in [0.29, 0.717) is 10.9 Å². The number of ketones is 1. The van der Waals surface area contributed by atoms with Gasteiger partial charge in [-0.25, -0.2) is 0 Å². The molecule has 5 rings (SSSR count). The van der Waals surface area contributed by atoms with Crippen molar-refractivity contribution in [3.63, 3.8) is 0 Å². The second-order valence-corrected chi connectivity index (χ2v) is 10.7. The Bertz CT molecular complexity index is 1250. The molecule has 0 aliphatic carbocycles. The minimum Gasteiger partial charge on any atom is -0.341 e. The molecule has 1 aliphatic heterocycles. The first-order chi connectivity index (χ1) is 14.7. The number of fused-ring (bicyclic) bond motifs is 3. The van der Waals surface area contributed by atoms with Crippen LogP contribution in [0.2, 0.25) is 0 Å². The molecule has 0 amide bonds. The number of carbonyl (C=O) groups is 1. The molecule has 0 bridgehead atoms. The summed E-state index contributed by atoms with van der Waals surface area (Å²) in [5, 5.41) is 2.48. The molecule has 0 atom stereocenters. The van der Waals surface area contributed by atoms with Gasteiger partial charge in [0.2, 0.25) is 0 Å². The maximum Gasteiger partial charge on any atom is 0.193 e. The Morgan fingerprint density at radius 2 is 1.63 bits per heavy atom. The molecule has 4 aromatic rings. The van der Waals surface area contributed by atoms with Crippen molar-refractivity contribution in [3.8, 4) is 0 Å². The third kappa shape index (κ3) is 3.35. The topological polar surface area (TPSA) is 22.0 Å². The quantitative estimate of drug-likeness (QED) is 0.279. The second kappa shape index (κ2) is 7.96. The van der Waals surface area contributed by atoms with Gasteiger partial charge in [-0.3, -0.25) is 4.79 Å². The molecular formula is C27H28NOS+. The van der Waals surface area contributed by atoms with E-state index in [9.17, 15) is 4.79 Å². The first kappa shape index (κ1) is 19.4. The van der Waals surface area contributed by atoms with Crippen molar-refractivity contribution >= 4 is 38.5 Å². The van der Waals surface area contributed by atoms with E-state index < -0.39 is 0 Å². The van der Waals surface area contributed by atoms with Gasteiger partial charge in [-0.15, -0.1) is 0 Å². The number of aryl methyl sites for hydroxylation is 2. The van der Waals surface area contributed by atoms with E-state index in [4.69, 9.17) is 0 Å². The molecule has 0 spiro atoms. The fraction of sp³-hybridized carbons (Fsp3) is 0.296. The summed E-state index contributed by atoms with van der Waals surface area (Å²) in [6, 6.07) is 21.1. The smallest absolute Gasteiger partial charge is 0.193 e. The van der Waals surface area contributed by atoms with Crippen LogP contribution in [0, 0.1) is 6.92 Å². The van der Waals surface area contributed by atoms with Crippen molar-refractivity contribution < 1.29 is 4.79 Å². The largest absolute Gasteiger partial charge is 0.341 e. The Labute approximate surface area is 181 Å². The van der Waals surface area contributed by atoms with E-state index >= 15 is 0 Å². The Morgan fingerprint density at radius 1 is 0.933 bits per heavy atom. The molecule has 2 heterocycles. The summed E-state index contributed by atoms with van der Waals surface area (Å²) in [4.78, 5) is 13.2. The fourth-order valence-corrected chi connectivity index (χ4v) is 7.17. The van der Waals surface area contributed by atoms with Crippen LogP contribution in [0.15, 0.2) is 60.7 Å². The van der Waals surface area contributed by atoms with Gasteiger partial charge in [-0.2, -0.15) is 0 Å². The highest BCUT2D eigenvalue weighted by molar-refractivity contribution is 7.96. The molecule has 0 radical (unpaired) electrons. The van der Waals surface area contributed by atoms with Gasteiger partial charge >= 0.3 is 0 Å². The number of rotatable bonds is 5. The lowest BCUT2D eigenvalue weighted by atomic mass is 9.98. The van der Waals surface area contributed by atoms with Crippen LogP contribution >= 0.6 is 0 Å². The molecule has 0 saturated carbocycles. The van der Waals surface area contributed by atoms with E-state index in [-0.39, 0.29) is 5.78 Å². The molecule has 1 aliphatic rings. The number of benzene rings is 3. The maximum absolute atomic E-state index is 13.2. The number of hydrogen-bond acceptors (Lipinski definition) is 1. The lowest BCUT2D eigenvalue weighted by Gasteiger charge is -2.06. The van der Waals surface area contributed by atoms with Gasteiger partial charge in [0.15, 0.2) is 5.78 Å². The van der Waals surface area contributed by atoms with Gasteiger partial charge in [0, 0.05) is 45.0 Å². The molecule has 1 saturated heterocycles. The van der Waals surface area contributed by atoms with Crippen LogP contribution in [-0.4, -0.2) is 21.9 Å². The first-order valence-electron chi connectivity index (χ1n) is 10.9. The third-order valence-electron chi connectivity index (χ3n) is 6.38. The summed E-state index contributed by atoms with van der Waals surface area (Å²) in [6.07, 6.45) is 2.79. The zero-order valence-corrected chi connectivity index (χ0v) is 18.6. The van der Waals surface area contributed by atoms with Crippen molar-refractivity contribution in [2.24, 2.45) is 0 Å². The SMILES string of the molecule is CCn1c2ccc(C[S+]3CCCC3)cc2c2cc(C(=O)c3ccccc3C)ccc21. The molecule has 1 aromatic heterocycles. The number of hydrogen-bond donors (Lipinski definition) is 0. The summed E-state index contributed by atoms with van der Waals surface area (Å²) in [5.41, 5.74) is 6.52. The van der Waals surface area contributed by atoms with Crippen LogP contribution in [0.25, 0.3) is 21.8 Å². The third-order valence-corrected chi connectivity index (χ3v) is 8.86. The number of nitrogens with zero attached hydrogens (tertiary/aromatic N) is 1. The molecule has 3 aromatic carbocycles. The molecule has 0 N–H and O–H groups in total. The molecule has 1 fully saturated rings. The molecule has 152 valence electrons. The maximum atomic E-state index is 13.2. The minimum atomic E-state index is 0.107. The van der Waals surface area contributed by atoms with Gasteiger partial charge < -0.3 is 4.57 Å². The van der Waals surface area contributed by atoms with Crippen molar-refractivity contribution in [3.05, 3.63) is 82.9 Å². The summed E-state index contributed by atoms with van der Waals surface area (Å²) in [6.45, 7) is 5.12. The Kier molecular flexibility index (Phi) is 5.16. The lowest BCUT2D eigenvalue weighted by molar-refractivity contribution is 0.103. The summed E-state index contributed by atoms with van der Waals surface area (Å²) >= 11 is 0. The standard InChI is InChI=1S/C27H28NOS/c1-3-28-25-12-10-20(18-30-14-6-7-15-30)16-23(25)24-17-21(11-13-26(24)28)27(29)22-9-5-4-8-19(22)2/h4-5,8-13,16-17H,3,6-7,14-15,18H2,1-2H3/q+1. The Morgan fingerprint density at radius 3 is 2.37 bits per heavy atom. The molecular weight excluding hydrogens is 386 g/mol. The monoisotopic (exact) mass is 414 g/mol. The van der Waals surface area contributed by atoms with E-state index in [1.807, 2.05) is 37.3 Å². The Hall–Kier alpha value is -2.52. The van der Waals surface area contributed by atoms with Crippen LogP contribution in [0.1, 0.15) is 46.8 Å². The molecule has 2 nitrogen and oxygen atoms in total. The second-order valence-electron chi connectivity index (χ2n) is 8.34. The van der Waals surface area contributed by atoms with Crippen LogP contribution < -0.4 is 0 Å². The average molecular weight is 415 g/mol. The average Bonchev–Trinajstić information content (AvgIpc) is 3.38. The normalized spacial score (nSPS) is 14.7. The summed E-state index contributed by atoms with van der Waals surface area (Å²) < 4.78 is 2.37. The highest BCUT2D eigenvalue weighted by atomic mass is 32.2. The Balaban J connectivity index is 1.63. The predicted molar refractivity (Wildman–Crippen MR) is 130 cm³/mol. The zero-order chi connectivity index (χ0) is 20.7. The van der Waals surface area contributed by atoms with E-state index in [0.717, 1.165) is 23.2 Å². The van der Waals surface area contributed by atoms with Gasteiger partial charge in [-0.1, -0.05) is 30.3 Å². The van der Waals surface area contributed by atoms with Gasteiger partial charge in [-0.05, 0) is 73.5 Å². The fourth-order valence-electron chi connectivity index (χ4n) is 4.80. The highest BCUT2D eigenvalue weighted by Gasteiger charge is 2.24. The van der Waals surface area contributed by atoms with Crippen LogP contribution in [0.3, 0.4) is 0 Å². The van der Waals surface area contributed by atoms with Crippen LogP contribution in [0.4, 0.5) is 0 Å². The first-order valence-corrected chi connectivity index (χ1v) is 12.7. The van der Waals surface area contributed by atoms with E-state index in [1.54, 1.807) is 0 Å². The minimum absolute atomic E-state index is 0.107. The lowest BCUT2D eigenvalue weighted by Crippen LogP contribution is -2.06.